The van der Waals surface area contributed by atoms with Crippen molar-refractivity contribution in [3.63, 3.8) is 0 Å². The highest BCUT2D eigenvalue weighted by Crippen LogP contribution is 2.23. The molecule has 0 radical (unpaired) electrons. The van der Waals surface area contributed by atoms with E-state index in [1.165, 1.54) is 6.42 Å². The summed E-state index contributed by atoms with van der Waals surface area (Å²) in [6.07, 6.45) is 3.24. The Balaban J connectivity index is 2.06. The number of nitrogens with zero attached hydrogens (tertiary/aromatic N) is 1. The number of hydrogen-bond donors (Lipinski definition) is 2. The Morgan fingerprint density at radius 3 is 2.84 bits per heavy atom. The zero-order chi connectivity index (χ0) is 13.8. The number of aromatic amines is 1. The number of carbonyl (C=O) groups is 1. The number of amides is 1. The van der Waals surface area contributed by atoms with Gasteiger partial charge < -0.3 is 15.2 Å². The molecule has 106 valence electrons. The van der Waals surface area contributed by atoms with Crippen LogP contribution in [-0.4, -0.2) is 41.5 Å². The normalized spacial score (nSPS) is 18.8. The molecule has 1 saturated heterocycles. The summed E-state index contributed by atoms with van der Waals surface area (Å²) in [5.74, 6) is -0.0376. The summed E-state index contributed by atoms with van der Waals surface area (Å²) < 4.78 is 0. The summed E-state index contributed by atoms with van der Waals surface area (Å²) in [5, 5.41) is 4.12. The number of nitrogens with one attached hydrogen (secondary N) is 2. The van der Waals surface area contributed by atoms with E-state index < -0.39 is 0 Å². The molecule has 0 aliphatic carbocycles. The van der Waals surface area contributed by atoms with Gasteiger partial charge in [0.2, 0.25) is 0 Å². The topological polar surface area (TPSA) is 48.1 Å². The standard InChI is InChI=1S/C13H19Cl2N3O/c1-2-6-18(8-9-4-3-5-16-9)13(19)11-7-10(14)12(15)17-11/h7,9,16-17H,2-6,8H2,1H3. The quantitative estimate of drug-likeness (QED) is 0.878. The van der Waals surface area contributed by atoms with Crippen LogP contribution in [0.3, 0.4) is 0 Å². The lowest BCUT2D eigenvalue weighted by atomic mass is 10.2. The predicted molar refractivity (Wildman–Crippen MR) is 78.0 cm³/mol. The van der Waals surface area contributed by atoms with E-state index in [9.17, 15) is 4.79 Å². The minimum atomic E-state index is -0.0376. The van der Waals surface area contributed by atoms with Crippen LogP contribution in [0.5, 0.6) is 0 Å². The highest BCUT2D eigenvalue weighted by molar-refractivity contribution is 6.41. The minimum absolute atomic E-state index is 0.0376. The van der Waals surface area contributed by atoms with Crippen LogP contribution in [0.15, 0.2) is 6.07 Å². The van der Waals surface area contributed by atoms with Crippen LogP contribution in [0.25, 0.3) is 0 Å². The van der Waals surface area contributed by atoms with Crippen molar-refractivity contribution in [1.82, 2.24) is 15.2 Å². The first-order valence-electron chi connectivity index (χ1n) is 6.68. The first-order chi connectivity index (χ1) is 9.11. The number of H-pyrrole nitrogens is 1. The molecule has 1 amide bonds. The Bertz CT molecular complexity index is 422. The fraction of sp³-hybridized carbons (Fsp3) is 0.615. The van der Waals surface area contributed by atoms with Crippen molar-refractivity contribution in [2.24, 2.45) is 0 Å². The molecule has 4 nitrogen and oxygen atoms in total. The Hall–Kier alpha value is -0.710. The molecule has 0 spiro atoms. The molecule has 1 fully saturated rings. The van der Waals surface area contributed by atoms with Gasteiger partial charge in [0.05, 0.1) is 5.02 Å². The smallest absolute Gasteiger partial charge is 0.270 e. The minimum Gasteiger partial charge on any atom is -0.340 e. The third kappa shape index (κ3) is 3.65. The lowest BCUT2D eigenvalue weighted by Crippen LogP contribution is -2.41. The molecule has 1 unspecified atom stereocenters. The van der Waals surface area contributed by atoms with Crippen LogP contribution in [0.4, 0.5) is 0 Å². The third-order valence-electron chi connectivity index (χ3n) is 3.34. The molecular formula is C13H19Cl2N3O. The van der Waals surface area contributed by atoms with E-state index >= 15 is 0 Å². The maximum atomic E-state index is 12.4. The molecule has 1 aliphatic rings. The molecule has 0 aromatic carbocycles. The van der Waals surface area contributed by atoms with Crippen LogP contribution in [-0.2, 0) is 0 Å². The zero-order valence-electron chi connectivity index (χ0n) is 11.0. The molecule has 19 heavy (non-hydrogen) atoms. The molecule has 1 aromatic rings. The third-order valence-corrected chi connectivity index (χ3v) is 4.03. The summed E-state index contributed by atoms with van der Waals surface area (Å²) in [6.45, 7) is 4.59. The molecule has 2 heterocycles. The van der Waals surface area contributed by atoms with E-state index in [0.29, 0.717) is 21.9 Å². The first kappa shape index (κ1) is 14.7. The van der Waals surface area contributed by atoms with Gasteiger partial charge in [-0.1, -0.05) is 30.1 Å². The van der Waals surface area contributed by atoms with Gasteiger partial charge in [-0.2, -0.15) is 0 Å². The van der Waals surface area contributed by atoms with Gasteiger partial charge in [0.15, 0.2) is 0 Å². The number of hydrogen-bond acceptors (Lipinski definition) is 2. The van der Waals surface area contributed by atoms with Crippen LogP contribution in [0.1, 0.15) is 36.7 Å². The van der Waals surface area contributed by atoms with Crippen LogP contribution in [0.2, 0.25) is 10.2 Å². The van der Waals surface area contributed by atoms with Crippen molar-refractivity contribution in [2.45, 2.75) is 32.2 Å². The van der Waals surface area contributed by atoms with Gasteiger partial charge in [-0.15, -0.1) is 0 Å². The van der Waals surface area contributed by atoms with Crippen molar-refractivity contribution in [3.05, 3.63) is 21.9 Å². The number of halogens is 2. The van der Waals surface area contributed by atoms with E-state index in [1.54, 1.807) is 6.07 Å². The number of aromatic nitrogens is 1. The van der Waals surface area contributed by atoms with Gasteiger partial charge in [0, 0.05) is 19.1 Å². The molecule has 1 atom stereocenters. The van der Waals surface area contributed by atoms with Crippen molar-refractivity contribution in [2.75, 3.05) is 19.6 Å². The van der Waals surface area contributed by atoms with Gasteiger partial charge in [0.1, 0.15) is 10.8 Å². The molecule has 1 aromatic heterocycles. The molecule has 1 aliphatic heterocycles. The molecule has 0 saturated carbocycles. The molecular weight excluding hydrogens is 285 g/mol. The van der Waals surface area contributed by atoms with Gasteiger partial charge in [-0.25, -0.2) is 0 Å². The highest BCUT2D eigenvalue weighted by Gasteiger charge is 2.23. The maximum absolute atomic E-state index is 12.4. The Morgan fingerprint density at radius 2 is 2.32 bits per heavy atom. The average Bonchev–Trinajstić information content (AvgIpc) is 2.99. The lowest BCUT2D eigenvalue weighted by molar-refractivity contribution is 0.0736. The molecule has 2 N–H and O–H groups in total. The van der Waals surface area contributed by atoms with E-state index in [1.807, 2.05) is 4.90 Å². The monoisotopic (exact) mass is 303 g/mol. The maximum Gasteiger partial charge on any atom is 0.270 e. The van der Waals surface area contributed by atoms with Gasteiger partial charge in [-0.05, 0) is 31.9 Å². The summed E-state index contributed by atoms with van der Waals surface area (Å²) in [7, 11) is 0. The number of carbonyl (C=O) groups excluding carboxylic acids is 1. The van der Waals surface area contributed by atoms with E-state index in [4.69, 9.17) is 23.2 Å². The fourth-order valence-corrected chi connectivity index (χ4v) is 2.73. The number of rotatable bonds is 5. The van der Waals surface area contributed by atoms with E-state index in [-0.39, 0.29) is 5.91 Å². The Kier molecular flexibility index (Phi) is 5.13. The van der Waals surface area contributed by atoms with Crippen LogP contribution >= 0.6 is 23.2 Å². The Labute approximate surface area is 123 Å². The summed E-state index contributed by atoms with van der Waals surface area (Å²) >= 11 is 11.7. The summed E-state index contributed by atoms with van der Waals surface area (Å²) in [6, 6.07) is 1.99. The van der Waals surface area contributed by atoms with Gasteiger partial charge in [0.25, 0.3) is 5.91 Å². The fourth-order valence-electron chi connectivity index (χ4n) is 2.41. The highest BCUT2D eigenvalue weighted by atomic mass is 35.5. The summed E-state index contributed by atoms with van der Waals surface area (Å²) in [4.78, 5) is 17.1. The summed E-state index contributed by atoms with van der Waals surface area (Å²) in [5.41, 5.74) is 0.460. The second kappa shape index (κ2) is 6.64. The molecule has 6 heteroatoms. The lowest BCUT2D eigenvalue weighted by Gasteiger charge is -2.25. The second-order valence-electron chi connectivity index (χ2n) is 4.89. The van der Waals surface area contributed by atoms with Crippen molar-refractivity contribution < 1.29 is 4.79 Å². The predicted octanol–water partition coefficient (Wildman–Crippen LogP) is 2.93. The van der Waals surface area contributed by atoms with E-state index in [0.717, 1.165) is 32.5 Å². The first-order valence-corrected chi connectivity index (χ1v) is 7.44. The Morgan fingerprint density at radius 1 is 1.53 bits per heavy atom. The van der Waals surface area contributed by atoms with Gasteiger partial charge >= 0.3 is 0 Å². The molecule has 2 rings (SSSR count). The van der Waals surface area contributed by atoms with Crippen molar-refractivity contribution in [1.29, 1.82) is 0 Å². The van der Waals surface area contributed by atoms with Crippen molar-refractivity contribution >= 4 is 29.1 Å². The molecule has 0 bridgehead atoms. The van der Waals surface area contributed by atoms with Crippen molar-refractivity contribution in [3.8, 4) is 0 Å². The zero-order valence-corrected chi connectivity index (χ0v) is 12.5. The second-order valence-corrected chi connectivity index (χ2v) is 5.67. The van der Waals surface area contributed by atoms with Gasteiger partial charge in [-0.3, -0.25) is 4.79 Å². The van der Waals surface area contributed by atoms with Crippen LogP contribution in [0, 0.1) is 0 Å². The van der Waals surface area contributed by atoms with E-state index in [2.05, 4.69) is 17.2 Å². The van der Waals surface area contributed by atoms with Crippen LogP contribution < -0.4 is 5.32 Å². The average molecular weight is 304 g/mol. The largest absolute Gasteiger partial charge is 0.340 e. The SMILES string of the molecule is CCCN(CC1CCCN1)C(=O)c1cc(Cl)c(Cl)[nH]1.